The zero-order valence-corrected chi connectivity index (χ0v) is 33.3. The average Bonchev–Trinajstić information content (AvgIpc) is 3.12. The van der Waals surface area contributed by atoms with Crippen molar-refractivity contribution in [2.45, 2.75) is 54.3 Å². The third-order valence-electron chi connectivity index (χ3n) is 10.5. The zero-order chi connectivity index (χ0) is 37.0. The van der Waals surface area contributed by atoms with Gasteiger partial charge in [0.05, 0.1) is 19.4 Å². The Kier molecular flexibility index (Phi) is 8.71. The van der Waals surface area contributed by atoms with Crippen molar-refractivity contribution in [2.75, 3.05) is 9.80 Å². The highest BCUT2D eigenvalue weighted by molar-refractivity contribution is 6.88. The second-order valence-corrected chi connectivity index (χ2v) is 21.1. The summed E-state index contributed by atoms with van der Waals surface area (Å²) >= 11 is 0. The summed E-state index contributed by atoms with van der Waals surface area (Å²) in [6, 6.07) is 54.9. The molecule has 262 valence electrons. The highest BCUT2D eigenvalue weighted by Gasteiger charge is 2.23. The minimum atomic E-state index is -1.47. The maximum Gasteiger partial charge on any atom is 0.0775 e. The molecule has 0 saturated heterocycles. The van der Waals surface area contributed by atoms with Crippen molar-refractivity contribution in [3.63, 3.8) is 0 Å². The lowest BCUT2D eigenvalue weighted by Crippen LogP contribution is -2.37. The summed E-state index contributed by atoms with van der Waals surface area (Å²) in [5, 5.41) is 8.88. The van der Waals surface area contributed by atoms with E-state index in [2.05, 4.69) is 210 Å². The summed E-state index contributed by atoms with van der Waals surface area (Å²) in [5.74, 6) is 0. The molecule has 53 heavy (non-hydrogen) atoms. The van der Waals surface area contributed by atoms with E-state index in [4.69, 9.17) is 0 Å². The van der Waals surface area contributed by atoms with E-state index in [9.17, 15) is 0 Å². The highest BCUT2D eigenvalue weighted by Crippen LogP contribution is 2.48. The first-order chi connectivity index (χ1) is 25.4. The Balaban J connectivity index is 1.45. The SMILES string of the molecule is Cc1ccc(N(c2cc(C)cc(C)c2)c2cc3c4ccccc4c(N(c4ccc([Si](C)(C)C)cc4)c4cc(C)cc(C)c4)cc3c3ccccc23)cc1. The number of anilines is 6. The van der Waals surface area contributed by atoms with E-state index in [0.29, 0.717) is 0 Å². The second-order valence-electron chi connectivity index (χ2n) is 16.0. The number of benzene rings is 8. The Hall–Kier alpha value is -5.64. The molecule has 8 aromatic rings. The summed E-state index contributed by atoms with van der Waals surface area (Å²) in [4.78, 5) is 4.93. The van der Waals surface area contributed by atoms with Gasteiger partial charge in [0.1, 0.15) is 0 Å². The minimum absolute atomic E-state index is 1.15. The highest BCUT2D eigenvalue weighted by atomic mass is 28.3. The lowest BCUT2D eigenvalue weighted by Gasteiger charge is -2.30. The fraction of sp³-hybridized carbons (Fsp3) is 0.160. The summed E-state index contributed by atoms with van der Waals surface area (Å²) in [6.45, 7) is 18.2. The van der Waals surface area contributed by atoms with Crippen molar-refractivity contribution in [2.24, 2.45) is 0 Å². The molecule has 0 aliphatic heterocycles. The van der Waals surface area contributed by atoms with Crippen LogP contribution in [-0.4, -0.2) is 8.07 Å². The van der Waals surface area contributed by atoms with Crippen LogP contribution in [0.1, 0.15) is 27.8 Å². The molecule has 0 aromatic heterocycles. The molecule has 0 atom stereocenters. The number of aryl methyl sites for hydroxylation is 5. The molecule has 0 spiro atoms. The van der Waals surface area contributed by atoms with Crippen molar-refractivity contribution in [3.05, 3.63) is 173 Å². The minimum Gasteiger partial charge on any atom is -0.310 e. The Morgan fingerprint density at radius 2 is 0.679 bits per heavy atom. The Morgan fingerprint density at radius 3 is 1.06 bits per heavy atom. The summed E-state index contributed by atoms with van der Waals surface area (Å²) in [6.07, 6.45) is 0. The Bertz CT molecular complexity index is 2610. The summed E-state index contributed by atoms with van der Waals surface area (Å²) in [5.41, 5.74) is 13.3. The molecule has 8 aromatic carbocycles. The van der Waals surface area contributed by atoms with Gasteiger partial charge in [-0.25, -0.2) is 0 Å². The molecule has 3 heteroatoms. The largest absolute Gasteiger partial charge is 0.310 e. The van der Waals surface area contributed by atoms with Crippen molar-refractivity contribution in [1.29, 1.82) is 0 Å². The standard InChI is InChI=1S/C50H48N2Si/c1-33-17-19-38(20-18-33)51(40-27-34(2)25-35(3)28-40)49-31-47-44-14-10-12-16-46(44)50(32-48(47)43-13-9-11-15-45(43)49)52(41-29-36(4)26-37(5)30-41)39-21-23-42(24-22-39)53(6,7)8/h9-32H,1-8H3. The van der Waals surface area contributed by atoms with Crippen molar-refractivity contribution >= 4 is 79.7 Å². The molecule has 0 radical (unpaired) electrons. The van der Waals surface area contributed by atoms with Crippen LogP contribution in [0.2, 0.25) is 19.6 Å². The van der Waals surface area contributed by atoms with Crippen molar-refractivity contribution in [1.82, 2.24) is 0 Å². The average molecular weight is 705 g/mol. The first kappa shape index (κ1) is 34.4. The molecule has 0 saturated carbocycles. The topological polar surface area (TPSA) is 6.48 Å². The van der Waals surface area contributed by atoms with Crippen LogP contribution in [0.4, 0.5) is 34.1 Å². The number of rotatable bonds is 7. The molecule has 0 unspecified atom stereocenters. The predicted molar refractivity (Wildman–Crippen MR) is 235 cm³/mol. The molecule has 0 bridgehead atoms. The van der Waals surface area contributed by atoms with Gasteiger partial charge in [-0.1, -0.05) is 115 Å². The molecule has 0 amide bonds. The number of fused-ring (bicyclic) bond motifs is 5. The third-order valence-corrected chi connectivity index (χ3v) is 12.6. The first-order valence-electron chi connectivity index (χ1n) is 18.8. The van der Waals surface area contributed by atoms with Crippen molar-refractivity contribution < 1.29 is 0 Å². The van der Waals surface area contributed by atoms with Crippen LogP contribution in [-0.2, 0) is 0 Å². The van der Waals surface area contributed by atoms with Gasteiger partial charge in [-0.15, -0.1) is 0 Å². The molecule has 2 nitrogen and oxygen atoms in total. The van der Waals surface area contributed by atoms with Gasteiger partial charge in [0.25, 0.3) is 0 Å². The molecule has 0 fully saturated rings. The van der Waals surface area contributed by atoms with Gasteiger partial charge in [-0.2, -0.15) is 0 Å². The Morgan fingerprint density at radius 1 is 0.321 bits per heavy atom. The van der Waals surface area contributed by atoms with Crippen LogP contribution < -0.4 is 15.0 Å². The van der Waals surface area contributed by atoms with Crippen molar-refractivity contribution in [3.8, 4) is 0 Å². The van der Waals surface area contributed by atoms with Gasteiger partial charge >= 0.3 is 0 Å². The number of hydrogen-bond acceptors (Lipinski definition) is 2. The maximum absolute atomic E-state index is 2.48. The summed E-state index contributed by atoms with van der Waals surface area (Å²) < 4.78 is 0. The fourth-order valence-electron chi connectivity index (χ4n) is 8.10. The smallest absolute Gasteiger partial charge is 0.0775 e. The van der Waals surface area contributed by atoms with E-state index in [1.807, 2.05) is 0 Å². The second kappa shape index (κ2) is 13.4. The van der Waals surface area contributed by atoms with E-state index in [1.165, 1.54) is 93.8 Å². The Labute approximate surface area is 316 Å². The third kappa shape index (κ3) is 6.51. The summed E-state index contributed by atoms with van der Waals surface area (Å²) in [7, 11) is -1.47. The van der Waals surface area contributed by atoms with E-state index in [-0.39, 0.29) is 0 Å². The van der Waals surface area contributed by atoms with Gasteiger partial charge in [-0.3, -0.25) is 0 Å². The molecule has 0 aliphatic carbocycles. The van der Waals surface area contributed by atoms with E-state index in [1.54, 1.807) is 0 Å². The number of nitrogens with zero attached hydrogens (tertiary/aromatic N) is 2. The van der Waals surface area contributed by atoms with Crippen LogP contribution >= 0.6 is 0 Å². The maximum atomic E-state index is 2.48. The van der Waals surface area contributed by atoms with E-state index < -0.39 is 8.07 Å². The molecule has 8 rings (SSSR count). The van der Waals surface area contributed by atoms with Gasteiger partial charge in [0.2, 0.25) is 0 Å². The van der Waals surface area contributed by atoms with Crippen LogP contribution in [0.15, 0.2) is 146 Å². The lowest BCUT2D eigenvalue weighted by molar-refractivity contribution is 1.26. The van der Waals surface area contributed by atoms with Gasteiger partial charge < -0.3 is 9.80 Å². The first-order valence-corrected chi connectivity index (χ1v) is 22.3. The zero-order valence-electron chi connectivity index (χ0n) is 32.3. The monoisotopic (exact) mass is 704 g/mol. The molecular weight excluding hydrogens is 657 g/mol. The van der Waals surface area contributed by atoms with Gasteiger partial charge in [0, 0.05) is 33.5 Å². The normalized spacial score (nSPS) is 11.8. The molecule has 0 heterocycles. The van der Waals surface area contributed by atoms with Crippen LogP contribution in [0.3, 0.4) is 0 Å². The fourth-order valence-corrected chi connectivity index (χ4v) is 9.27. The van der Waals surface area contributed by atoms with Gasteiger partial charge in [0.15, 0.2) is 0 Å². The molecule has 0 N–H and O–H groups in total. The molecular formula is C50H48N2Si. The van der Waals surface area contributed by atoms with Crippen LogP contribution in [0, 0.1) is 34.6 Å². The van der Waals surface area contributed by atoms with Crippen LogP contribution in [0.5, 0.6) is 0 Å². The predicted octanol–water partition coefficient (Wildman–Crippen LogP) is 14.2. The molecule has 0 aliphatic rings. The quantitative estimate of drug-likeness (QED) is 0.120. The van der Waals surface area contributed by atoms with Crippen LogP contribution in [0.25, 0.3) is 32.3 Å². The lowest BCUT2D eigenvalue weighted by atomic mass is 9.93. The van der Waals surface area contributed by atoms with E-state index >= 15 is 0 Å². The van der Waals surface area contributed by atoms with Gasteiger partial charge in [-0.05, 0) is 139 Å². The number of hydrogen-bond donors (Lipinski definition) is 0. The van der Waals surface area contributed by atoms with E-state index in [0.717, 1.165) is 5.69 Å².